The van der Waals surface area contributed by atoms with Crippen LogP contribution in [0.2, 0.25) is 0 Å². The summed E-state index contributed by atoms with van der Waals surface area (Å²) < 4.78 is 0. The van der Waals surface area contributed by atoms with Crippen LogP contribution in [0.15, 0.2) is 18.2 Å². The highest BCUT2D eigenvalue weighted by molar-refractivity contribution is 5.85. The van der Waals surface area contributed by atoms with E-state index in [0.29, 0.717) is 5.92 Å². The highest BCUT2D eigenvalue weighted by Crippen LogP contribution is 2.31. The van der Waals surface area contributed by atoms with Gasteiger partial charge in [-0.3, -0.25) is 0 Å². The number of nitrogens with one attached hydrogen (secondary N) is 1. The third-order valence-corrected chi connectivity index (χ3v) is 3.78. The molecule has 1 aliphatic carbocycles. The second-order valence-electron chi connectivity index (χ2n) is 4.98. The smallest absolute Gasteiger partial charge is 0.0461 e. The van der Waals surface area contributed by atoms with Crippen molar-refractivity contribution in [2.75, 3.05) is 6.54 Å². The Hall–Kier alpha value is -1.28. The van der Waals surface area contributed by atoms with Gasteiger partial charge in [-0.05, 0) is 55.8 Å². The molecule has 2 nitrogen and oxygen atoms in total. The molecule has 16 heavy (non-hydrogen) atoms. The summed E-state index contributed by atoms with van der Waals surface area (Å²) in [5.74, 6) is 0.674. The van der Waals surface area contributed by atoms with E-state index in [4.69, 9.17) is 5.73 Å². The number of hydrogen-bond acceptors (Lipinski definition) is 1. The highest BCUT2D eigenvalue weighted by atomic mass is 14.7. The molecule has 0 radical (unpaired) electrons. The number of benzene rings is 1. The Morgan fingerprint density at radius 3 is 3.12 bits per heavy atom. The van der Waals surface area contributed by atoms with E-state index in [9.17, 15) is 0 Å². The Morgan fingerprint density at radius 2 is 2.31 bits per heavy atom. The molecular weight excluding hydrogens is 196 g/mol. The minimum Gasteiger partial charge on any atom is -0.358 e. The van der Waals surface area contributed by atoms with E-state index in [1.54, 1.807) is 0 Å². The van der Waals surface area contributed by atoms with Crippen molar-refractivity contribution in [3.05, 3.63) is 35.0 Å². The normalized spacial score (nSPS) is 20.0. The molecule has 0 saturated carbocycles. The molecule has 1 aromatic carbocycles. The number of rotatable bonds is 1. The van der Waals surface area contributed by atoms with Gasteiger partial charge in [-0.25, -0.2) is 0 Å². The molecule has 1 atom stereocenters. The van der Waals surface area contributed by atoms with Crippen LogP contribution in [-0.2, 0) is 12.8 Å². The molecule has 1 aliphatic rings. The lowest BCUT2D eigenvalue weighted by Gasteiger charge is -2.20. The maximum absolute atomic E-state index is 5.79. The standard InChI is InChI=1S/C14H18N2/c1-9-2-4-11-12-7-10(8-15)3-5-13(12)16-14(11)6-9/h2,4,6,10,16H,3,5,7-8,15H2,1H3. The fourth-order valence-electron chi connectivity index (χ4n) is 2.81. The zero-order valence-corrected chi connectivity index (χ0v) is 9.72. The zero-order valence-electron chi connectivity index (χ0n) is 9.72. The average Bonchev–Trinajstić information content (AvgIpc) is 2.65. The number of nitrogens with two attached hydrogens (primary N) is 1. The first-order chi connectivity index (χ1) is 7.78. The van der Waals surface area contributed by atoms with Crippen molar-refractivity contribution >= 4 is 10.9 Å². The highest BCUT2D eigenvalue weighted by Gasteiger charge is 2.21. The van der Waals surface area contributed by atoms with Crippen LogP contribution in [0.25, 0.3) is 10.9 Å². The number of H-pyrrole nitrogens is 1. The summed E-state index contributed by atoms with van der Waals surface area (Å²) >= 11 is 0. The van der Waals surface area contributed by atoms with E-state index in [2.05, 4.69) is 30.1 Å². The van der Waals surface area contributed by atoms with Crippen LogP contribution in [0.3, 0.4) is 0 Å². The fraction of sp³-hybridized carbons (Fsp3) is 0.429. The van der Waals surface area contributed by atoms with Gasteiger partial charge in [0, 0.05) is 16.6 Å². The van der Waals surface area contributed by atoms with Gasteiger partial charge in [-0.1, -0.05) is 12.1 Å². The molecule has 3 N–H and O–H groups in total. The van der Waals surface area contributed by atoms with Gasteiger partial charge >= 0.3 is 0 Å². The molecule has 0 aliphatic heterocycles. The zero-order chi connectivity index (χ0) is 11.1. The van der Waals surface area contributed by atoms with Crippen molar-refractivity contribution in [1.82, 2.24) is 4.98 Å². The first-order valence-corrected chi connectivity index (χ1v) is 6.08. The van der Waals surface area contributed by atoms with Crippen molar-refractivity contribution in [1.29, 1.82) is 0 Å². The summed E-state index contributed by atoms with van der Waals surface area (Å²) in [6.07, 6.45) is 3.54. The first-order valence-electron chi connectivity index (χ1n) is 6.08. The summed E-state index contributed by atoms with van der Waals surface area (Å²) in [6.45, 7) is 2.96. The van der Waals surface area contributed by atoms with E-state index in [0.717, 1.165) is 19.4 Å². The number of hydrogen-bond donors (Lipinski definition) is 2. The van der Waals surface area contributed by atoms with Crippen LogP contribution in [0.5, 0.6) is 0 Å². The van der Waals surface area contributed by atoms with E-state index < -0.39 is 0 Å². The van der Waals surface area contributed by atoms with Crippen molar-refractivity contribution in [3.8, 4) is 0 Å². The van der Waals surface area contributed by atoms with E-state index >= 15 is 0 Å². The van der Waals surface area contributed by atoms with E-state index in [-0.39, 0.29) is 0 Å². The summed E-state index contributed by atoms with van der Waals surface area (Å²) in [5, 5.41) is 1.40. The van der Waals surface area contributed by atoms with Gasteiger partial charge in [0.15, 0.2) is 0 Å². The molecule has 3 rings (SSSR count). The van der Waals surface area contributed by atoms with Crippen LogP contribution in [0, 0.1) is 12.8 Å². The summed E-state index contributed by atoms with van der Waals surface area (Å²) in [5.41, 5.74) is 11.3. The quantitative estimate of drug-likeness (QED) is 0.752. The Bertz CT molecular complexity index is 525. The summed E-state index contributed by atoms with van der Waals surface area (Å²) in [7, 11) is 0. The Morgan fingerprint density at radius 1 is 1.44 bits per heavy atom. The van der Waals surface area contributed by atoms with Crippen LogP contribution in [0.4, 0.5) is 0 Å². The van der Waals surface area contributed by atoms with Crippen LogP contribution in [0.1, 0.15) is 23.2 Å². The third-order valence-electron chi connectivity index (χ3n) is 3.78. The molecule has 0 amide bonds. The van der Waals surface area contributed by atoms with Crippen molar-refractivity contribution in [2.24, 2.45) is 11.7 Å². The number of aromatic amines is 1. The molecule has 0 saturated heterocycles. The van der Waals surface area contributed by atoms with Crippen LogP contribution in [-0.4, -0.2) is 11.5 Å². The first kappa shape index (κ1) is 9.91. The number of aryl methyl sites for hydroxylation is 2. The summed E-state index contributed by atoms with van der Waals surface area (Å²) in [4.78, 5) is 3.56. The monoisotopic (exact) mass is 214 g/mol. The molecule has 2 aromatic rings. The van der Waals surface area contributed by atoms with Crippen molar-refractivity contribution in [3.63, 3.8) is 0 Å². The molecule has 0 bridgehead atoms. The molecule has 0 fully saturated rings. The molecular formula is C14H18N2. The van der Waals surface area contributed by atoms with Crippen molar-refractivity contribution in [2.45, 2.75) is 26.2 Å². The predicted octanol–water partition coefficient (Wildman–Crippen LogP) is 2.54. The average molecular weight is 214 g/mol. The topological polar surface area (TPSA) is 41.8 Å². The van der Waals surface area contributed by atoms with Gasteiger partial charge in [0.05, 0.1) is 0 Å². The van der Waals surface area contributed by atoms with E-state index in [1.165, 1.54) is 34.1 Å². The van der Waals surface area contributed by atoms with Gasteiger partial charge in [-0.15, -0.1) is 0 Å². The maximum atomic E-state index is 5.79. The molecule has 1 unspecified atom stereocenters. The fourth-order valence-corrected chi connectivity index (χ4v) is 2.81. The Kier molecular flexibility index (Phi) is 2.25. The lowest BCUT2D eigenvalue weighted by molar-refractivity contribution is 0.468. The predicted molar refractivity (Wildman–Crippen MR) is 67.6 cm³/mol. The number of aromatic nitrogens is 1. The minimum absolute atomic E-state index is 0.674. The molecule has 1 heterocycles. The third kappa shape index (κ3) is 1.45. The summed E-state index contributed by atoms with van der Waals surface area (Å²) in [6, 6.07) is 6.69. The van der Waals surface area contributed by atoms with Crippen LogP contribution < -0.4 is 5.73 Å². The van der Waals surface area contributed by atoms with Gasteiger partial charge in [0.2, 0.25) is 0 Å². The SMILES string of the molecule is Cc1ccc2c3c([nH]c2c1)CCC(CN)C3. The van der Waals surface area contributed by atoms with Crippen LogP contribution >= 0.6 is 0 Å². The number of fused-ring (bicyclic) bond motifs is 3. The molecule has 0 spiro atoms. The second-order valence-corrected chi connectivity index (χ2v) is 4.98. The van der Waals surface area contributed by atoms with Gasteiger partial charge in [0.25, 0.3) is 0 Å². The largest absolute Gasteiger partial charge is 0.358 e. The second kappa shape index (κ2) is 3.63. The Balaban J connectivity index is 2.14. The maximum Gasteiger partial charge on any atom is 0.0461 e. The van der Waals surface area contributed by atoms with Gasteiger partial charge in [-0.2, -0.15) is 0 Å². The van der Waals surface area contributed by atoms with Gasteiger partial charge < -0.3 is 10.7 Å². The lowest BCUT2D eigenvalue weighted by Crippen LogP contribution is -2.21. The Labute approximate surface area is 95.8 Å². The molecule has 2 heteroatoms. The van der Waals surface area contributed by atoms with Crippen molar-refractivity contribution < 1.29 is 0 Å². The molecule has 1 aromatic heterocycles. The minimum atomic E-state index is 0.674. The van der Waals surface area contributed by atoms with E-state index in [1.807, 2.05) is 0 Å². The van der Waals surface area contributed by atoms with Gasteiger partial charge in [0.1, 0.15) is 0 Å². The molecule has 84 valence electrons. The lowest BCUT2D eigenvalue weighted by atomic mass is 9.86.